The van der Waals surface area contributed by atoms with Crippen LogP contribution in [0.15, 0.2) is 12.1 Å². The standard InChI is InChI=1S/C11H11FO3/c12-6-9-5-11-10(14-7-15-11)4-8(9)2-1-3-13/h3-5H,1-2,6-7H2. The van der Waals surface area contributed by atoms with E-state index in [1.807, 2.05) is 0 Å². The summed E-state index contributed by atoms with van der Waals surface area (Å²) >= 11 is 0. The van der Waals surface area contributed by atoms with Crippen molar-refractivity contribution in [2.75, 3.05) is 6.79 Å². The van der Waals surface area contributed by atoms with Gasteiger partial charge in [-0.05, 0) is 29.7 Å². The zero-order valence-electron chi connectivity index (χ0n) is 8.16. The van der Waals surface area contributed by atoms with Gasteiger partial charge in [0.15, 0.2) is 11.5 Å². The second-order valence-electron chi connectivity index (χ2n) is 3.31. The van der Waals surface area contributed by atoms with Crippen LogP contribution < -0.4 is 9.47 Å². The highest BCUT2D eigenvalue weighted by Crippen LogP contribution is 2.35. The molecular weight excluding hydrogens is 199 g/mol. The molecule has 3 nitrogen and oxygen atoms in total. The Hall–Kier alpha value is -1.58. The summed E-state index contributed by atoms with van der Waals surface area (Å²) in [5, 5.41) is 0. The second kappa shape index (κ2) is 4.29. The van der Waals surface area contributed by atoms with E-state index in [9.17, 15) is 9.18 Å². The number of aryl methyl sites for hydroxylation is 1. The van der Waals surface area contributed by atoms with Gasteiger partial charge in [-0.25, -0.2) is 4.39 Å². The number of halogens is 1. The van der Waals surface area contributed by atoms with Crippen LogP contribution in [0.25, 0.3) is 0 Å². The predicted molar refractivity (Wildman–Crippen MR) is 51.8 cm³/mol. The van der Waals surface area contributed by atoms with Crippen LogP contribution in [0.3, 0.4) is 0 Å². The number of alkyl halides is 1. The lowest BCUT2D eigenvalue weighted by Crippen LogP contribution is -1.93. The molecule has 0 bridgehead atoms. The molecule has 0 saturated carbocycles. The zero-order chi connectivity index (χ0) is 10.7. The molecule has 15 heavy (non-hydrogen) atoms. The summed E-state index contributed by atoms with van der Waals surface area (Å²) in [5.74, 6) is 1.21. The number of hydrogen-bond acceptors (Lipinski definition) is 3. The van der Waals surface area contributed by atoms with Gasteiger partial charge in [-0.3, -0.25) is 0 Å². The van der Waals surface area contributed by atoms with Crippen LogP contribution in [-0.2, 0) is 17.9 Å². The first-order valence-corrected chi connectivity index (χ1v) is 4.76. The van der Waals surface area contributed by atoms with E-state index in [-0.39, 0.29) is 6.79 Å². The van der Waals surface area contributed by atoms with Crippen LogP contribution in [0.1, 0.15) is 17.5 Å². The Bertz CT molecular complexity index is 376. The fourth-order valence-electron chi connectivity index (χ4n) is 1.60. The van der Waals surface area contributed by atoms with Crippen LogP contribution in [0.4, 0.5) is 4.39 Å². The fraction of sp³-hybridized carbons (Fsp3) is 0.364. The molecule has 0 amide bonds. The molecule has 2 rings (SSSR count). The van der Waals surface area contributed by atoms with Crippen LogP contribution in [0, 0.1) is 0 Å². The van der Waals surface area contributed by atoms with Gasteiger partial charge in [0.25, 0.3) is 0 Å². The maximum atomic E-state index is 12.7. The first-order valence-electron chi connectivity index (χ1n) is 4.76. The molecule has 0 unspecified atom stereocenters. The van der Waals surface area contributed by atoms with E-state index in [0.29, 0.717) is 29.9 Å². The summed E-state index contributed by atoms with van der Waals surface area (Å²) in [6, 6.07) is 3.39. The van der Waals surface area contributed by atoms with E-state index in [0.717, 1.165) is 11.8 Å². The number of carbonyl (C=O) groups is 1. The summed E-state index contributed by atoms with van der Waals surface area (Å²) in [6.45, 7) is -0.372. The topological polar surface area (TPSA) is 35.5 Å². The summed E-state index contributed by atoms with van der Waals surface area (Å²) in [4.78, 5) is 10.3. The van der Waals surface area contributed by atoms with Gasteiger partial charge >= 0.3 is 0 Å². The number of aldehydes is 1. The van der Waals surface area contributed by atoms with E-state index >= 15 is 0 Å². The Morgan fingerprint density at radius 1 is 1.27 bits per heavy atom. The van der Waals surface area contributed by atoms with Crippen molar-refractivity contribution < 1.29 is 18.7 Å². The van der Waals surface area contributed by atoms with E-state index in [4.69, 9.17) is 9.47 Å². The molecule has 0 radical (unpaired) electrons. The van der Waals surface area contributed by atoms with E-state index in [1.165, 1.54) is 0 Å². The molecule has 1 aromatic rings. The maximum Gasteiger partial charge on any atom is 0.231 e. The third kappa shape index (κ3) is 1.93. The molecule has 80 valence electrons. The quantitative estimate of drug-likeness (QED) is 0.713. The number of hydrogen-bond donors (Lipinski definition) is 0. The molecular formula is C11H11FO3. The van der Waals surface area contributed by atoms with Crippen molar-refractivity contribution in [2.24, 2.45) is 0 Å². The van der Waals surface area contributed by atoms with E-state index in [1.54, 1.807) is 12.1 Å². The highest BCUT2D eigenvalue weighted by molar-refractivity contribution is 5.53. The van der Waals surface area contributed by atoms with E-state index in [2.05, 4.69) is 0 Å². The number of carbonyl (C=O) groups excluding carboxylic acids is 1. The average molecular weight is 210 g/mol. The van der Waals surface area contributed by atoms with Crippen molar-refractivity contribution in [3.63, 3.8) is 0 Å². The van der Waals surface area contributed by atoms with Gasteiger partial charge in [0.05, 0.1) is 0 Å². The summed E-state index contributed by atoms with van der Waals surface area (Å²) in [6.07, 6.45) is 1.76. The van der Waals surface area contributed by atoms with Gasteiger partial charge in [0, 0.05) is 6.42 Å². The Kier molecular flexibility index (Phi) is 2.85. The molecule has 0 atom stereocenters. The Labute approximate surface area is 86.8 Å². The van der Waals surface area contributed by atoms with Crippen molar-refractivity contribution >= 4 is 6.29 Å². The maximum absolute atomic E-state index is 12.7. The number of rotatable bonds is 4. The molecule has 1 heterocycles. The monoisotopic (exact) mass is 210 g/mol. The van der Waals surface area contributed by atoms with Crippen LogP contribution in [-0.4, -0.2) is 13.1 Å². The predicted octanol–water partition coefficient (Wildman–Crippen LogP) is 2.02. The van der Waals surface area contributed by atoms with Crippen molar-refractivity contribution in [2.45, 2.75) is 19.5 Å². The first kappa shape index (κ1) is 9.96. The minimum absolute atomic E-state index is 0.179. The summed E-state index contributed by atoms with van der Waals surface area (Å²) < 4.78 is 23.0. The largest absolute Gasteiger partial charge is 0.454 e. The Morgan fingerprint density at radius 2 is 1.93 bits per heavy atom. The molecule has 0 spiro atoms. The number of fused-ring (bicyclic) bond motifs is 1. The van der Waals surface area contributed by atoms with Crippen molar-refractivity contribution in [1.29, 1.82) is 0 Å². The van der Waals surface area contributed by atoms with Gasteiger partial charge in [0.1, 0.15) is 13.0 Å². The Balaban J connectivity index is 2.30. The normalized spacial score (nSPS) is 12.9. The van der Waals surface area contributed by atoms with Crippen LogP contribution >= 0.6 is 0 Å². The molecule has 0 fully saturated rings. The van der Waals surface area contributed by atoms with Gasteiger partial charge in [0.2, 0.25) is 6.79 Å². The molecule has 0 aliphatic carbocycles. The van der Waals surface area contributed by atoms with Crippen molar-refractivity contribution in [3.05, 3.63) is 23.3 Å². The lowest BCUT2D eigenvalue weighted by molar-refractivity contribution is -0.107. The number of benzene rings is 1. The zero-order valence-corrected chi connectivity index (χ0v) is 8.16. The lowest BCUT2D eigenvalue weighted by Gasteiger charge is -2.06. The third-order valence-electron chi connectivity index (χ3n) is 2.37. The van der Waals surface area contributed by atoms with Crippen LogP contribution in [0.2, 0.25) is 0 Å². The highest BCUT2D eigenvalue weighted by atomic mass is 19.1. The summed E-state index contributed by atoms with van der Waals surface area (Å²) in [5.41, 5.74) is 1.38. The smallest absolute Gasteiger partial charge is 0.231 e. The van der Waals surface area contributed by atoms with Gasteiger partial charge < -0.3 is 14.3 Å². The average Bonchev–Trinajstić information content (AvgIpc) is 2.71. The van der Waals surface area contributed by atoms with Crippen molar-refractivity contribution in [1.82, 2.24) is 0 Å². The fourth-order valence-corrected chi connectivity index (χ4v) is 1.60. The summed E-state index contributed by atoms with van der Waals surface area (Å²) in [7, 11) is 0. The minimum atomic E-state index is -0.551. The molecule has 1 aromatic carbocycles. The first-order chi connectivity index (χ1) is 7.35. The molecule has 0 aromatic heterocycles. The molecule has 1 aliphatic rings. The molecule has 4 heteroatoms. The van der Waals surface area contributed by atoms with Gasteiger partial charge in [-0.2, -0.15) is 0 Å². The number of ether oxygens (including phenoxy) is 2. The third-order valence-corrected chi connectivity index (χ3v) is 2.37. The molecule has 0 N–H and O–H groups in total. The second-order valence-corrected chi connectivity index (χ2v) is 3.31. The minimum Gasteiger partial charge on any atom is -0.454 e. The van der Waals surface area contributed by atoms with Gasteiger partial charge in [-0.15, -0.1) is 0 Å². The molecule has 1 aliphatic heterocycles. The van der Waals surface area contributed by atoms with Crippen LogP contribution in [0.5, 0.6) is 11.5 Å². The Morgan fingerprint density at radius 3 is 2.53 bits per heavy atom. The molecule has 0 saturated heterocycles. The van der Waals surface area contributed by atoms with Gasteiger partial charge in [-0.1, -0.05) is 0 Å². The lowest BCUT2D eigenvalue weighted by atomic mass is 10.0. The highest BCUT2D eigenvalue weighted by Gasteiger charge is 2.16. The van der Waals surface area contributed by atoms with E-state index < -0.39 is 6.67 Å². The SMILES string of the molecule is O=CCCc1cc2c(cc1CF)OCO2. The van der Waals surface area contributed by atoms with Crippen molar-refractivity contribution in [3.8, 4) is 11.5 Å².